The Morgan fingerprint density at radius 1 is 1.22 bits per heavy atom. The van der Waals surface area contributed by atoms with Crippen LogP contribution in [0.15, 0.2) is 21.9 Å². The molecule has 0 bridgehead atoms. The number of aliphatic hydroxyl groups is 2. The third-order valence-electron chi connectivity index (χ3n) is 3.88. The summed E-state index contributed by atoms with van der Waals surface area (Å²) in [5.41, 5.74) is 3.30. The van der Waals surface area contributed by atoms with Crippen molar-refractivity contribution in [2.75, 3.05) is 33.9 Å². The molecule has 0 radical (unpaired) electrons. The number of carbonyl (C=O) groups is 2. The number of aromatic nitrogens is 2. The number of methoxy groups -OCH3 is 2. The molecule has 1 saturated heterocycles. The van der Waals surface area contributed by atoms with Crippen LogP contribution in [0, 0.1) is 0 Å². The number of rotatable bonds is 8. The second kappa shape index (κ2) is 12.6. The number of aliphatic hydroxyl groups excluding tert-OH is 2. The van der Waals surface area contributed by atoms with E-state index >= 15 is 0 Å². The molecule has 1 aliphatic heterocycles. The highest BCUT2D eigenvalue weighted by atomic mass is 31.2. The maximum atomic E-state index is 11.6. The Morgan fingerprint density at radius 3 is 2.25 bits per heavy atom. The lowest BCUT2D eigenvalue weighted by molar-refractivity contribution is -0.141. The van der Waals surface area contributed by atoms with E-state index < -0.39 is 62.1 Å². The monoisotopic (exact) mass is 484 g/mol. The third kappa shape index (κ3) is 8.97. The topological polar surface area (TPSA) is 242 Å². The Labute approximate surface area is 180 Å². The zero-order valence-electron chi connectivity index (χ0n) is 17.1. The highest BCUT2D eigenvalue weighted by Crippen LogP contribution is 2.35. The molecule has 1 unspecified atom stereocenters. The number of nitrogens with two attached hydrogens (primary N) is 1. The van der Waals surface area contributed by atoms with Gasteiger partial charge < -0.3 is 29.3 Å². The van der Waals surface area contributed by atoms with Crippen molar-refractivity contribution in [3.8, 4) is 0 Å². The zero-order chi connectivity index (χ0) is 24.5. The average molecular weight is 484 g/mol. The molecule has 1 fully saturated rings. The number of nitrogens with one attached hydrogen (secondary N) is 2. The van der Waals surface area contributed by atoms with E-state index in [4.69, 9.17) is 15.1 Å². The number of H-pyrrole nitrogens is 1. The van der Waals surface area contributed by atoms with Crippen LogP contribution in [0.1, 0.15) is 6.23 Å². The zero-order valence-corrected chi connectivity index (χ0v) is 18.0. The molecule has 2 rings (SSSR count). The van der Waals surface area contributed by atoms with Crippen molar-refractivity contribution in [3.63, 3.8) is 0 Å². The van der Waals surface area contributed by atoms with Gasteiger partial charge in [0.15, 0.2) is 6.23 Å². The normalized spacial score (nSPS) is 24.1. The van der Waals surface area contributed by atoms with E-state index in [2.05, 4.69) is 19.3 Å². The van der Waals surface area contributed by atoms with E-state index in [1.807, 2.05) is 4.98 Å². The van der Waals surface area contributed by atoms with Gasteiger partial charge in [-0.05, 0) is 0 Å². The fourth-order valence-corrected chi connectivity index (χ4v) is 2.68. The summed E-state index contributed by atoms with van der Waals surface area (Å²) in [6.07, 6.45) is -4.34. The summed E-state index contributed by atoms with van der Waals surface area (Å²) in [6.45, 7) is -0.520. The van der Waals surface area contributed by atoms with Gasteiger partial charge in [-0.25, -0.2) is 14.9 Å². The summed E-state index contributed by atoms with van der Waals surface area (Å²) < 4.78 is 29.9. The van der Waals surface area contributed by atoms with Gasteiger partial charge in [-0.1, -0.05) is 0 Å². The molecule has 1 aromatic heterocycles. The van der Waals surface area contributed by atoms with Crippen molar-refractivity contribution in [1.29, 1.82) is 0 Å². The van der Waals surface area contributed by atoms with Gasteiger partial charge in [0.1, 0.15) is 18.3 Å². The summed E-state index contributed by atoms with van der Waals surface area (Å²) in [7, 11) is -1.70. The summed E-state index contributed by atoms with van der Waals surface area (Å²) >= 11 is 0. The van der Waals surface area contributed by atoms with Crippen LogP contribution >= 0.6 is 7.75 Å². The van der Waals surface area contributed by atoms with Gasteiger partial charge in [-0.2, -0.15) is 0 Å². The average Bonchev–Trinajstić information content (AvgIpc) is 3.00. The first-order valence-corrected chi connectivity index (χ1v) is 10.5. The molecule has 2 heterocycles. The molecule has 0 aromatic carbocycles. The van der Waals surface area contributed by atoms with E-state index in [1.54, 1.807) is 0 Å². The smallest absolute Gasteiger partial charge is 0.400 e. The molecule has 16 nitrogen and oxygen atoms in total. The van der Waals surface area contributed by atoms with E-state index in [0.717, 1.165) is 16.8 Å². The molecular weight excluding hydrogens is 459 g/mol. The lowest BCUT2D eigenvalue weighted by Gasteiger charge is -2.16. The van der Waals surface area contributed by atoms with Crippen LogP contribution in [0.25, 0.3) is 0 Å². The van der Waals surface area contributed by atoms with Gasteiger partial charge >= 0.3 is 25.4 Å². The SMILES string of the molecule is COC(=O)CNCC(=O)OC.NP(=O)(O)OC[C@H]1O[C@@H](n2ccc(=O)[nH]c2=O)[C@H](O)[C@@H]1O. The van der Waals surface area contributed by atoms with Crippen molar-refractivity contribution in [1.82, 2.24) is 14.9 Å². The van der Waals surface area contributed by atoms with Crippen molar-refractivity contribution in [2.24, 2.45) is 5.50 Å². The van der Waals surface area contributed by atoms with Crippen LogP contribution in [-0.4, -0.2) is 88.8 Å². The fourth-order valence-electron chi connectivity index (χ4n) is 2.32. The molecule has 1 aliphatic rings. The number of carbonyl (C=O) groups excluding carboxylic acids is 2. The van der Waals surface area contributed by atoms with Crippen LogP contribution in [0.3, 0.4) is 0 Å². The summed E-state index contributed by atoms with van der Waals surface area (Å²) in [4.78, 5) is 54.2. The maximum absolute atomic E-state index is 11.6. The number of esters is 2. The third-order valence-corrected chi connectivity index (χ3v) is 4.40. The number of hydrogen-bond acceptors (Lipinski definition) is 12. The van der Waals surface area contributed by atoms with Gasteiger partial charge in [0.25, 0.3) is 5.56 Å². The Morgan fingerprint density at radius 2 is 1.78 bits per heavy atom. The largest absolute Gasteiger partial charge is 0.468 e. The van der Waals surface area contributed by atoms with Crippen molar-refractivity contribution >= 4 is 19.7 Å². The van der Waals surface area contributed by atoms with E-state index in [1.165, 1.54) is 14.2 Å². The van der Waals surface area contributed by atoms with E-state index in [9.17, 15) is 34.0 Å². The lowest BCUT2D eigenvalue weighted by atomic mass is 10.1. The van der Waals surface area contributed by atoms with Gasteiger partial charge in [0, 0.05) is 12.3 Å². The fraction of sp³-hybridized carbons (Fsp3) is 0.600. The summed E-state index contributed by atoms with van der Waals surface area (Å²) in [6, 6.07) is 1.04. The molecule has 0 spiro atoms. The predicted octanol–water partition coefficient (Wildman–Crippen LogP) is -3.85. The van der Waals surface area contributed by atoms with Crippen LogP contribution in [0.2, 0.25) is 0 Å². The lowest BCUT2D eigenvalue weighted by Crippen LogP contribution is -2.37. The first kappa shape index (κ1) is 27.6. The minimum atomic E-state index is -4.26. The second-order valence-electron chi connectivity index (χ2n) is 6.18. The highest BCUT2D eigenvalue weighted by molar-refractivity contribution is 7.50. The molecule has 0 amide bonds. The Bertz CT molecular complexity index is 911. The van der Waals surface area contributed by atoms with Crippen LogP contribution in [-0.2, 0) is 32.9 Å². The molecule has 1 aromatic rings. The summed E-state index contributed by atoms with van der Waals surface area (Å²) in [5, 5.41) is 22.2. The van der Waals surface area contributed by atoms with Gasteiger partial charge in [0.05, 0.1) is 33.9 Å². The summed E-state index contributed by atoms with van der Waals surface area (Å²) in [5.74, 6) is -0.817. The number of hydrogen-bond donors (Lipinski definition) is 6. The van der Waals surface area contributed by atoms with Crippen molar-refractivity contribution in [2.45, 2.75) is 24.5 Å². The Hall–Kier alpha value is -2.43. The number of nitrogens with zero attached hydrogens (tertiary/aromatic N) is 1. The highest BCUT2D eigenvalue weighted by Gasteiger charge is 2.44. The number of aromatic amines is 1. The first-order valence-electron chi connectivity index (χ1n) is 8.83. The van der Waals surface area contributed by atoms with Crippen LogP contribution in [0.5, 0.6) is 0 Å². The molecule has 182 valence electrons. The van der Waals surface area contributed by atoms with Crippen LogP contribution in [0.4, 0.5) is 0 Å². The van der Waals surface area contributed by atoms with Gasteiger partial charge in [-0.3, -0.25) is 33.8 Å². The number of ether oxygens (including phenoxy) is 3. The quantitative estimate of drug-likeness (QED) is 0.153. The molecule has 17 heteroatoms. The van der Waals surface area contributed by atoms with E-state index in [-0.39, 0.29) is 13.1 Å². The Balaban J connectivity index is 0.000000396. The van der Waals surface area contributed by atoms with Gasteiger partial charge in [0.2, 0.25) is 0 Å². The van der Waals surface area contributed by atoms with E-state index in [0.29, 0.717) is 0 Å². The first-order chi connectivity index (χ1) is 14.9. The Kier molecular flexibility index (Phi) is 10.8. The van der Waals surface area contributed by atoms with Gasteiger partial charge in [-0.15, -0.1) is 0 Å². The molecule has 0 saturated carbocycles. The standard InChI is InChI=1S/C9H14N3O8P.C6H11NO4/c10-21(17,18)19-3-4-6(14)7(15)8(20-4)12-2-1-5(13)11-9(12)16;1-10-5(8)3-7-4-6(9)11-2/h1-2,4,6-8,14-15H,3H2,(H3,10,17,18)(H,11,13,16);7H,3-4H2,1-2H3/t4-,6-,7-,8-;/m1./s1. The predicted molar refractivity (Wildman–Crippen MR) is 104 cm³/mol. The van der Waals surface area contributed by atoms with Crippen molar-refractivity contribution < 1.29 is 48.0 Å². The maximum Gasteiger partial charge on any atom is 0.400 e. The molecule has 0 aliphatic carbocycles. The molecule has 5 atom stereocenters. The second-order valence-corrected chi connectivity index (χ2v) is 7.57. The minimum absolute atomic E-state index is 0.0194. The van der Waals surface area contributed by atoms with Crippen molar-refractivity contribution in [3.05, 3.63) is 33.1 Å². The molecular formula is C15H25N4O12P. The minimum Gasteiger partial charge on any atom is -0.468 e. The molecule has 7 N–H and O–H groups in total. The van der Waals surface area contributed by atoms with Crippen LogP contribution < -0.4 is 22.1 Å². The molecule has 32 heavy (non-hydrogen) atoms.